The molecule has 51 heavy (non-hydrogen) atoms. The molecule has 4 aromatic rings. The van der Waals surface area contributed by atoms with Crippen molar-refractivity contribution in [2.75, 3.05) is 5.88 Å². The maximum atomic E-state index is 13.1. The van der Waals surface area contributed by atoms with Crippen LogP contribution in [0.3, 0.4) is 0 Å². The maximum absolute atomic E-state index is 13.1. The van der Waals surface area contributed by atoms with Gasteiger partial charge in [-0.3, -0.25) is 4.79 Å². The summed E-state index contributed by atoms with van der Waals surface area (Å²) in [6.45, 7) is 9.62. The third kappa shape index (κ3) is 11.3. The molecule has 1 saturated carbocycles. The van der Waals surface area contributed by atoms with Crippen LogP contribution >= 0.6 is 11.6 Å². The summed E-state index contributed by atoms with van der Waals surface area (Å²) in [5, 5.41) is 3.48. The number of carbonyl (C=O) groups is 1. The second-order valence-corrected chi connectivity index (χ2v) is 16.7. The molecule has 0 aromatic heterocycles. The van der Waals surface area contributed by atoms with Gasteiger partial charge in [-0.15, -0.1) is 11.6 Å². The number of halogens is 1. The van der Waals surface area contributed by atoms with Gasteiger partial charge in [0, 0.05) is 6.04 Å². The predicted molar refractivity (Wildman–Crippen MR) is 218 cm³/mol. The third-order valence-electron chi connectivity index (χ3n) is 12.5. The molecule has 4 atom stereocenters. The van der Waals surface area contributed by atoms with E-state index in [2.05, 4.69) is 154 Å². The van der Waals surface area contributed by atoms with Crippen LogP contribution in [0.2, 0.25) is 0 Å². The molecule has 0 heterocycles. The largest absolute Gasteiger partial charge is 0.352 e. The molecule has 0 aliphatic heterocycles. The number of carbonyl (C=O) groups excluding carboxylic acids is 1. The van der Waals surface area contributed by atoms with E-state index >= 15 is 0 Å². The highest BCUT2D eigenvalue weighted by atomic mass is 35.5. The first-order chi connectivity index (χ1) is 24.7. The normalized spacial score (nSPS) is 22.8. The van der Waals surface area contributed by atoms with Gasteiger partial charge in [-0.1, -0.05) is 149 Å². The molecular formula is C48H62ClNO. The minimum absolute atomic E-state index is 0.0165. The first kappa shape index (κ1) is 38.9. The van der Waals surface area contributed by atoms with Gasteiger partial charge in [-0.2, -0.15) is 0 Å². The molecule has 4 aromatic carbocycles. The van der Waals surface area contributed by atoms with Gasteiger partial charge in [-0.25, -0.2) is 0 Å². The summed E-state index contributed by atoms with van der Waals surface area (Å²) in [6.07, 6.45) is 12.6. The highest BCUT2D eigenvalue weighted by Crippen LogP contribution is 2.57. The summed E-state index contributed by atoms with van der Waals surface area (Å²) in [7, 11) is 0. The zero-order chi connectivity index (χ0) is 36.1. The number of hydrogen-bond acceptors (Lipinski definition) is 1. The average molecular weight is 704 g/mol. The zero-order valence-electron chi connectivity index (χ0n) is 31.7. The van der Waals surface area contributed by atoms with Gasteiger partial charge in [0.05, 0.1) is 0 Å². The van der Waals surface area contributed by atoms with Crippen molar-refractivity contribution in [2.45, 2.75) is 128 Å². The molecule has 1 aliphatic rings. The van der Waals surface area contributed by atoms with Gasteiger partial charge in [-0.05, 0) is 127 Å². The van der Waals surface area contributed by atoms with E-state index in [1.807, 2.05) is 0 Å². The molecule has 272 valence electrons. The molecule has 3 heteroatoms. The minimum Gasteiger partial charge on any atom is -0.352 e. The van der Waals surface area contributed by atoms with Crippen LogP contribution in [0.5, 0.6) is 0 Å². The van der Waals surface area contributed by atoms with Gasteiger partial charge in [0.25, 0.3) is 0 Å². The SMILES string of the molecule is CC(CCC1(CCC(C)c2ccccc2)CC(NC(=O)CCl)CC(CCC(C)c2ccccc2)(CCC(C)c2ccccc2)C1)c1ccccc1. The Morgan fingerprint density at radius 2 is 0.824 bits per heavy atom. The Labute approximate surface area is 314 Å². The number of rotatable bonds is 18. The summed E-state index contributed by atoms with van der Waals surface area (Å²) < 4.78 is 0. The van der Waals surface area contributed by atoms with Gasteiger partial charge < -0.3 is 5.32 Å². The Bertz CT molecular complexity index is 1360. The van der Waals surface area contributed by atoms with Crippen molar-refractivity contribution >= 4 is 17.5 Å². The van der Waals surface area contributed by atoms with E-state index in [9.17, 15) is 4.79 Å². The fourth-order valence-electron chi connectivity index (χ4n) is 9.32. The smallest absolute Gasteiger partial charge is 0.235 e. The van der Waals surface area contributed by atoms with Crippen molar-refractivity contribution in [1.29, 1.82) is 0 Å². The van der Waals surface area contributed by atoms with Crippen LogP contribution in [-0.4, -0.2) is 17.8 Å². The third-order valence-corrected chi connectivity index (χ3v) is 12.7. The lowest BCUT2D eigenvalue weighted by molar-refractivity contribution is -0.120. The van der Waals surface area contributed by atoms with Crippen molar-refractivity contribution in [3.05, 3.63) is 144 Å². The van der Waals surface area contributed by atoms with Crippen LogP contribution in [0.25, 0.3) is 0 Å². The summed E-state index contributed by atoms with van der Waals surface area (Å²) in [4.78, 5) is 13.1. The molecule has 0 radical (unpaired) electrons. The van der Waals surface area contributed by atoms with Crippen LogP contribution in [0, 0.1) is 10.8 Å². The number of hydrogen-bond donors (Lipinski definition) is 1. The van der Waals surface area contributed by atoms with E-state index < -0.39 is 0 Å². The van der Waals surface area contributed by atoms with Crippen molar-refractivity contribution in [3.8, 4) is 0 Å². The Kier molecular flexibility index (Phi) is 14.4. The van der Waals surface area contributed by atoms with E-state index in [1.54, 1.807) is 0 Å². The highest BCUT2D eigenvalue weighted by Gasteiger charge is 2.48. The highest BCUT2D eigenvalue weighted by molar-refractivity contribution is 6.27. The van der Waals surface area contributed by atoms with Crippen LogP contribution in [0.15, 0.2) is 121 Å². The Hall–Kier alpha value is -3.36. The monoisotopic (exact) mass is 703 g/mol. The van der Waals surface area contributed by atoms with Crippen LogP contribution in [0.1, 0.15) is 144 Å². The van der Waals surface area contributed by atoms with Gasteiger partial charge in [0.15, 0.2) is 0 Å². The summed E-state index contributed by atoms with van der Waals surface area (Å²) in [5.74, 6) is 1.92. The Balaban J connectivity index is 1.49. The lowest BCUT2D eigenvalue weighted by atomic mass is 9.54. The van der Waals surface area contributed by atoms with Gasteiger partial charge in [0.2, 0.25) is 5.91 Å². The van der Waals surface area contributed by atoms with E-state index in [0.717, 1.165) is 38.5 Å². The second kappa shape index (κ2) is 18.9. The summed E-state index contributed by atoms with van der Waals surface area (Å²) in [6, 6.07) is 44.3. The molecule has 1 aliphatic carbocycles. The van der Waals surface area contributed by atoms with Crippen LogP contribution < -0.4 is 5.32 Å². The van der Waals surface area contributed by atoms with Crippen LogP contribution in [0.4, 0.5) is 0 Å². The Morgan fingerprint density at radius 1 is 0.549 bits per heavy atom. The summed E-state index contributed by atoms with van der Waals surface area (Å²) in [5.41, 5.74) is 5.95. The maximum Gasteiger partial charge on any atom is 0.235 e. The molecular weight excluding hydrogens is 642 g/mol. The summed E-state index contributed by atoms with van der Waals surface area (Å²) >= 11 is 6.18. The van der Waals surface area contributed by atoms with E-state index in [0.29, 0.717) is 23.7 Å². The number of alkyl halides is 1. The first-order valence-corrected chi connectivity index (χ1v) is 20.3. The fraction of sp³-hybridized carbons (Fsp3) is 0.479. The topological polar surface area (TPSA) is 29.1 Å². The van der Waals surface area contributed by atoms with Crippen LogP contribution in [-0.2, 0) is 4.79 Å². The lowest BCUT2D eigenvalue weighted by Gasteiger charge is -2.53. The molecule has 2 nitrogen and oxygen atoms in total. The van der Waals surface area contributed by atoms with Crippen molar-refractivity contribution in [1.82, 2.24) is 5.32 Å². The zero-order valence-corrected chi connectivity index (χ0v) is 32.5. The number of amides is 1. The molecule has 5 rings (SSSR count). The standard InChI is InChI=1S/C48H62ClNO/c1-37(41-17-9-5-10-18-41)25-29-47(30-26-38(2)42-19-11-6-12-20-42)33-45(50-46(51)35-49)34-48(36-47,31-27-39(3)43-21-13-7-14-22-43)32-28-40(4)44-23-15-8-16-24-44/h5-24,37-40,45H,25-36H2,1-4H3,(H,50,51). The molecule has 0 spiro atoms. The van der Waals surface area contributed by atoms with Crippen molar-refractivity contribution < 1.29 is 4.79 Å². The van der Waals surface area contributed by atoms with Crippen molar-refractivity contribution in [3.63, 3.8) is 0 Å². The minimum atomic E-state index is -0.0306. The van der Waals surface area contributed by atoms with Gasteiger partial charge in [0.1, 0.15) is 5.88 Å². The van der Waals surface area contributed by atoms with E-state index in [-0.39, 0.29) is 28.7 Å². The Morgan fingerprint density at radius 3 is 1.08 bits per heavy atom. The van der Waals surface area contributed by atoms with E-state index in [1.165, 1.54) is 54.4 Å². The lowest BCUT2D eigenvalue weighted by Crippen LogP contribution is -2.50. The van der Waals surface area contributed by atoms with Crippen molar-refractivity contribution in [2.24, 2.45) is 10.8 Å². The molecule has 1 fully saturated rings. The quantitative estimate of drug-likeness (QED) is 0.103. The molecule has 4 unspecified atom stereocenters. The second-order valence-electron chi connectivity index (χ2n) is 16.4. The molecule has 1 amide bonds. The predicted octanol–water partition coefficient (Wildman–Crippen LogP) is 13.2. The number of benzene rings is 4. The molecule has 0 saturated heterocycles. The first-order valence-electron chi connectivity index (χ1n) is 19.7. The number of nitrogens with one attached hydrogen (secondary N) is 1. The fourth-order valence-corrected chi connectivity index (χ4v) is 9.40. The molecule has 0 bridgehead atoms. The van der Waals surface area contributed by atoms with E-state index in [4.69, 9.17) is 11.6 Å². The van der Waals surface area contributed by atoms with Gasteiger partial charge >= 0.3 is 0 Å². The average Bonchev–Trinajstić information content (AvgIpc) is 3.18. The molecule has 1 N–H and O–H groups in total.